The molecule has 1 atom stereocenters. The highest BCUT2D eigenvalue weighted by molar-refractivity contribution is 5.85. The van der Waals surface area contributed by atoms with Gasteiger partial charge in [0.25, 0.3) is 0 Å². The highest BCUT2D eigenvalue weighted by atomic mass is 35.5. The molecule has 2 aromatic carbocycles. The van der Waals surface area contributed by atoms with Crippen LogP contribution in [0.15, 0.2) is 54.6 Å². The minimum absolute atomic E-state index is 0. The van der Waals surface area contributed by atoms with Crippen molar-refractivity contribution in [2.45, 2.75) is 32.4 Å². The topological polar surface area (TPSA) is 49.6 Å². The fourth-order valence-electron chi connectivity index (χ4n) is 3.33. The van der Waals surface area contributed by atoms with Crippen molar-refractivity contribution in [3.63, 3.8) is 0 Å². The van der Waals surface area contributed by atoms with Gasteiger partial charge in [0.1, 0.15) is 0 Å². The summed E-state index contributed by atoms with van der Waals surface area (Å²) in [5, 5.41) is 0. The van der Waals surface area contributed by atoms with Crippen LogP contribution in [0.2, 0.25) is 0 Å². The average Bonchev–Trinajstić information content (AvgIpc) is 2.80. The molecule has 0 saturated carbocycles. The SMILES string of the molecule is CC1CCN(C(=O)Cc2ccc(N)cc2)CCN1Cc1ccccc1.Cl.Cl. The molecule has 1 aliphatic rings. The Labute approximate surface area is 174 Å². The summed E-state index contributed by atoms with van der Waals surface area (Å²) >= 11 is 0. The first kappa shape index (κ1) is 23.3. The highest BCUT2D eigenvalue weighted by Crippen LogP contribution is 2.16. The van der Waals surface area contributed by atoms with E-state index < -0.39 is 0 Å². The molecule has 1 amide bonds. The van der Waals surface area contributed by atoms with Crippen LogP contribution in [0.25, 0.3) is 0 Å². The maximum Gasteiger partial charge on any atom is 0.227 e. The molecule has 0 aromatic heterocycles. The number of nitrogen functional groups attached to an aromatic ring is 1. The van der Waals surface area contributed by atoms with Gasteiger partial charge < -0.3 is 10.6 Å². The largest absolute Gasteiger partial charge is 0.399 e. The molecule has 4 nitrogen and oxygen atoms in total. The van der Waals surface area contributed by atoms with Crippen LogP contribution in [0.1, 0.15) is 24.5 Å². The molecule has 2 N–H and O–H groups in total. The van der Waals surface area contributed by atoms with E-state index in [1.54, 1.807) is 0 Å². The van der Waals surface area contributed by atoms with Gasteiger partial charge in [0, 0.05) is 37.9 Å². The van der Waals surface area contributed by atoms with E-state index in [2.05, 4.69) is 36.1 Å². The van der Waals surface area contributed by atoms with Gasteiger partial charge in [-0.2, -0.15) is 0 Å². The Balaban J connectivity index is 0.00000182. The van der Waals surface area contributed by atoms with E-state index in [1.165, 1.54) is 5.56 Å². The summed E-state index contributed by atoms with van der Waals surface area (Å²) in [5.74, 6) is 0.207. The van der Waals surface area contributed by atoms with Crippen LogP contribution in [0.5, 0.6) is 0 Å². The molecule has 1 heterocycles. The van der Waals surface area contributed by atoms with Gasteiger partial charge in [0.05, 0.1) is 6.42 Å². The zero-order valence-corrected chi connectivity index (χ0v) is 17.3. The number of amides is 1. The fourth-order valence-corrected chi connectivity index (χ4v) is 3.33. The molecule has 0 bridgehead atoms. The van der Waals surface area contributed by atoms with Crippen LogP contribution < -0.4 is 5.73 Å². The van der Waals surface area contributed by atoms with Crippen LogP contribution >= 0.6 is 24.8 Å². The minimum Gasteiger partial charge on any atom is -0.399 e. The second-order valence-electron chi connectivity index (χ2n) is 6.89. The Morgan fingerprint density at radius 3 is 2.30 bits per heavy atom. The van der Waals surface area contributed by atoms with Crippen molar-refractivity contribution in [1.82, 2.24) is 9.80 Å². The summed E-state index contributed by atoms with van der Waals surface area (Å²) in [6, 6.07) is 18.6. The molecule has 1 saturated heterocycles. The number of carbonyl (C=O) groups excluding carboxylic acids is 1. The number of nitrogens with zero attached hydrogens (tertiary/aromatic N) is 2. The zero-order valence-electron chi connectivity index (χ0n) is 15.7. The maximum absolute atomic E-state index is 12.7. The summed E-state index contributed by atoms with van der Waals surface area (Å²) < 4.78 is 0. The maximum atomic E-state index is 12.7. The van der Waals surface area contributed by atoms with E-state index in [1.807, 2.05) is 35.2 Å². The third kappa shape index (κ3) is 6.73. The predicted molar refractivity (Wildman–Crippen MR) is 117 cm³/mol. The number of benzene rings is 2. The molecule has 2 aromatic rings. The molecule has 27 heavy (non-hydrogen) atoms. The molecule has 1 unspecified atom stereocenters. The van der Waals surface area contributed by atoms with Crippen molar-refractivity contribution in [2.24, 2.45) is 0 Å². The van der Waals surface area contributed by atoms with Gasteiger partial charge >= 0.3 is 0 Å². The summed E-state index contributed by atoms with van der Waals surface area (Å²) in [5.41, 5.74) is 8.80. The molecular weight excluding hydrogens is 381 g/mol. The number of hydrogen-bond donors (Lipinski definition) is 1. The second-order valence-corrected chi connectivity index (χ2v) is 6.89. The van der Waals surface area contributed by atoms with Crippen LogP contribution in [0, 0.1) is 0 Å². The zero-order chi connectivity index (χ0) is 17.6. The third-order valence-corrected chi connectivity index (χ3v) is 5.01. The normalized spacial score (nSPS) is 17.4. The van der Waals surface area contributed by atoms with Crippen LogP contribution in [0.4, 0.5) is 5.69 Å². The molecule has 6 heteroatoms. The first-order valence-corrected chi connectivity index (χ1v) is 9.02. The number of carbonyl (C=O) groups is 1. The lowest BCUT2D eigenvalue weighted by Gasteiger charge is -2.26. The predicted octanol–water partition coefficient (Wildman–Crippen LogP) is 3.78. The van der Waals surface area contributed by atoms with Gasteiger partial charge in [-0.15, -0.1) is 24.8 Å². The quantitative estimate of drug-likeness (QED) is 0.781. The number of anilines is 1. The highest BCUT2D eigenvalue weighted by Gasteiger charge is 2.23. The summed E-state index contributed by atoms with van der Waals surface area (Å²) in [4.78, 5) is 17.1. The van der Waals surface area contributed by atoms with Gasteiger partial charge in [-0.05, 0) is 36.6 Å². The Bertz CT molecular complexity index is 694. The van der Waals surface area contributed by atoms with Crippen LogP contribution in [-0.2, 0) is 17.8 Å². The number of rotatable bonds is 4. The Kier molecular flexibility index (Phi) is 9.64. The van der Waals surface area contributed by atoms with Gasteiger partial charge in [-0.25, -0.2) is 0 Å². The van der Waals surface area contributed by atoms with Crippen molar-refractivity contribution >= 4 is 36.4 Å². The first-order chi connectivity index (χ1) is 12.1. The number of halogens is 2. The summed E-state index contributed by atoms with van der Waals surface area (Å²) in [6.07, 6.45) is 1.47. The Morgan fingerprint density at radius 1 is 0.963 bits per heavy atom. The monoisotopic (exact) mass is 409 g/mol. The van der Waals surface area contributed by atoms with E-state index in [0.717, 1.165) is 43.9 Å². The van der Waals surface area contributed by atoms with E-state index in [4.69, 9.17) is 5.73 Å². The molecule has 0 radical (unpaired) electrons. The Hall–Kier alpha value is -1.75. The van der Waals surface area contributed by atoms with E-state index in [0.29, 0.717) is 12.5 Å². The number of nitrogens with two attached hydrogens (primary N) is 1. The number of hydrogen-bond acceptors (Lipinski definition) is 3. The lowest BCUT2D eigenvalue weighted by Crippen LogP contribution is -2.36. The van der Waals surface area contributed by atoms with Crippen molar-refractivity contribution in [1.29, 1.82) is 0 Å². The lowest BCUT2D eigenvalue weighted by atomic mass is 10.1. The second kappa shape index (κ2) is 11.2. The van der Waals surface area contributed by atoms with Gasteiger partial charge in [-0.3, -0.25) is 9.69 Å². The van der Waals surface area contributed by atoms with E-state index in [-0.39, 0.29) is 30.7 Å². The van der Waals surface area contributed by atoms with E-state index in [9.17, 15) is 4.79 Å². The van der Waals surface area contributed by atoms with Crippen molar-refractivity contribution in [3.8, 4) is 0 Å². The van der Waals surface area contributed by atoms with Crippen LogP contribution in [0.3, 0.4) is 0 Å². The Morgan fingerprint density at radius 2 is 1.63 bits per heavy atom. The summed E-state index contributed by atoms with van der Waals surface area (Å²) in [6.45, 7) is 5.76. The molecule has 0 aliphatic carbocycles. The van der Waals surface area contributed by atoms with Crippen molar-refractivity contribution < 1.29 is 4.79 Å². The summed E-state index contributed by atoms with van der Waals surface area (Å²) in [7, 11) is 0. The fraction of sp³-hybridized carbons (Fsp3) is 0.381. The average molecular weight is 410 g/mol. The first-order valence-electron chi connectivity index (χ1n) is 9.02. The molecule has 1 fully saturated rings. The van der Waals surface area contributed by atoms with Crippen LogP contribution in [-0.4, -0.2) is 41.4 Å². The standard InChI is InChI=1S/C21H27N3O.2ClH/c1-17-11-12-23(21(25)15-18-7-9-20(22)10-8-18)13-14-24(17)16-19-5-3-2-4-6-19;;/h2-10,17H,11-16,22H2,1H3;2*1H. The molecule has 0 spiro atoms. The third-order valence-electron chi connectivity index (χ3n) is 5.01. The lowest BCUT2D eigenvalue weighted by molar-refractivity contribution is -0.130. The smallest absolute Gasteiger partial charge is 0.227 e. The van der Waals surface area contributed by atoms with Crippen molar-refractivity contribution in [2.75, 3.05) is 25.4 Å². The van der Waals surface area contributed by atoms with Crippen molar-refractivity contribution in [3.05, 3.63) is 65.7 Å². The molecule has 1 aliphatic heterocycles. The molecule has 148 valence electrons. The van der Waals surface area contributed by atoms with Gasteiger partial charge in [-0.1, -0.05) is 42.5 Å². The molecule has 3 rings (SSSR count). The molecular formula is C21H29Cl2N3O. The van der Waals surface area contributed by atoms with E-state index >= 15 is 0 Å². The van der Waals surface area contributed by atoms with Gasteiger partial charge in [0.2, 0.25) is 5.91 Å². The minimum atomic E-state index is 0. The van der Waals surface area contributed by atoms with Gasteiger partial charge in [0.15, 0.2) is 0 Å².